The van der Waals surface area contributed by atoms with Crippen LogP contribution >= 0.6 is 11.6 Å². The summed E-state index contributed by atoms with van der Waals surface area (Å²) >= 11 is 5.96. The predicted molar refractivity (Wildman–Crippen MR) is 63.9 cm³/mol. The third-order valence-electron chi connectivity index (χ3n) is 2.81. The Morgan fingerprint density at radius 1 is 1.47 bits per heavy atom. The molecule has 1 heterocycles. The van der Waals surface area contributed by atoms with Crippen LogP contribution in [0.25, 0.3) is 0 Å². The topological polar surface area (TPSA) is 12.5 Å². The van der Waals surface area contributed by atoms with Crippen molar-refractivity contribution < 1.29 is 4.74 Å². The van der Waals surface area contributed by atoms with Crippen molar-refractivity contribution >= 4 is 17.3 Å². The molecular weight excluding hydrogens is 210 g/mol. The average molecular weight is 226 g/mol. The number of ether oxygens (including phenoxy) is 1. The van der Waals surface area contributed by atoms with E-state index >= 15 is 0 Å². The fourth-order valence-electron chi connectivity index (χ4n) is 2.07. The van der Waals surface area contributed by atoms with Crippen molar-refractivity contribution in [2.45, 2.75) is 12.8 Å². The SMILES string of the molecule is COCCCN1CCc2cc(Cl)ccc21. The van der Waals surface area contributed by atoms with E-state index in [0.29, 0.717) is 0 Å². The maximum Gasteiger partial charge on any atom is 0.0479 e. The Labute approximate surface area is 95.8 Å². The van der Waals surface area contributed by atoms with Gasteiger partial charge in [0.1, 0.15) is 0 Å². The molecule has 15 heavy (non-hydrogen) atoms. The molecule has 0 spiro atoms. The first-order chi connectivity index (χ1) is 7.31. The maximum absolute atomic E-state index is 5.96. The Bertz CT molecular complexity index is 340. The molecule has 0 atom stereocenters. The van der Waals surface area contributed by atoms with Gasteiger partial charge >= 0.3 is 0 Å². The Morgan fingerprint density at radius 3 is 3.13 bits per heavy atom. The Hall–Kier alpha value is -0.730. The molecule has 0 N–H and O–H groups in total. The van der Waals surface area contributed by atoms with Gasteiger partial charge in [-0.3, -0.25) is 0 Å². The van der Waals surface area contributed by atoms with Gasteiger partial charge < -0.3 is 9.64 Å². The molecule has 0 aliphatic carbocycles. The van der Waals surface area contributed by atoms with Crippen LogP contribution in [0.5, 0.6) is 0 Å². The first-order valence-electron chi connectivity index (χ1n) is 5.33. The predicted octanol–water partition coefficient (Wildman–Crippen LogP) is 2.74. The normalized spacial score (nSPS) is 14.4. The van der Waals surface area contributed by atoms with Gasteiger partial charge in [0.25, 0.3) is 0 Å². The highest BCUT2D eigenvalue weighted by molar-refractivity contribution is 6.30. The monoisotopic (exact) mass is 225 g/mol. The van der Waals surface area contributed by atoms with Crippen LogP contribution in [0.15, 0.2) is 18.2 Å². The minimum atomic E-state index is 0.833. The number of hydrogen-bond donors (Lipinski definition) is 0. The van der Waals surface area contributed by atoms with E-state index in [2.05, 4.69) is 17.0 Å². The molecule has 82 valence electrons. The summed E-state index contributed by atoms with van der Waals surface area (Å²) in [6.07, 6.45) is 2.20. The van der Waals surface area contributed by atoms with E-state index in [0.717, 1.165) is 37.6 Å². The van der Waals surface area contributed by atoms with Gasteiger partial charge in [0, 0.05) is 37.5 Å². The Kier molecular flexibility index (Phi) is 3.49. The molecule has 0 saturated heterocycles. The first kappa shape index (κ1) is 10.8. The lowest BCUT2D eigenvalue weighted by Gasteiger charge is -2.18. The molecule has 0 fully saturated rings. The van der Waals surface area contributed by atoms with Crippen molar-refractivity contribution in [3.63, 3.8) is 0 Å². The van der Waals surface area contributed by atoms with Crippen LogP contribution in [0, 0.1) is 0 Å². The van der Waals surface area contributed by atoms with E-state index in [4.69, 9.17) is 16.3 Å². The molecule has 1 aliphatic rings. The van der Waals surface area contributed by atoms with Crippen LogP contribution in [0.4, 0.5) is 5.69 Å². The van der Waals surface area contributed by atoms with Crippen LogP contribution in [0.3, 0.4) is 0 Å². The summed E-state index contributed by atoms with van der Waals surface area (Å²) in [5, 5.41) is 0.840. The minimum Gasteiger partial charge on any atom is -0.385 e. The summed E-state index contributed by atoms with van der Waals surface area (Å²) in [4.78, 5) is 2.41. The molecule has 2 rings (SSSR count). The summed E-state index contributed by atoms with van der Waals surface area (Å²) in [5.74, 6) is 0. The second-order valence-corrected chi connectivity index (χ2v) is 4.29. The summed E-state index contributed by atoms with van der Waals surface area (Å²) in [6.45, 7) is 3.02. The highest BCUT2D eigenvalue weighted by atomic mass is 35.5. The zero-order valence-electron chi connectivity index (χ0n) is 9.00. The van der Waals surface area contributed by atoms with Crippen molar-refractivity contribution in [2.24, 2.45) is 0 Å². The van der Waals surface area contributed by atoms with E-state index < -0.39 is 0 Å². The molecule has 0 saturated carbocycles. The summed E-state index contributed by atoms with van der Waals surface area (Å²) in [7, 11) is 1.75. The van der Waals surface area contributed by atoms with E-state index in [-0.39, 0.29) is 0 Å². The molecule has 0 radical (unpaired) electrons. The molecule has 1 aromatic carbocycles. The van der Waals surface area contributed by atoms with Crippen LogP contribution in [-0.4, -0.2) is 26.8 Å². The molecule has 2 nitrogen and oxygen atoms in total. The van der Waals surface area contributed by atoms with Gasteiger partial charge in [-0.2, -0.15) is 0 Å². The number of rotatable bonds is 4. The lowest BCUT2D eigenvalue weighted by atomic mass is 10.2. The fraction of sp³-hybridized carbons (Fsp3) is 0.500. The molecule has 0 amide bonds. The Morgan fingerprint density at radius 2 is 2.33 bits per heavy atom. The summed E-state index contributed by atoms with van der Waals surface area (Å²) in [5.41, 5.74) is 2.72. The average Bonchev–Trinajstić information content (AvgIpc) is 2.61. The standard InChI is InChI=1S/C12H16ClNO/c1-15-8-2-6-14-7-5-10-9-11(13)3-4-12(10)14/h3-4,9H,2,5-8H2,1H3. The van der Waals surface area contributed by atoms with Crippen molar-refractivity contribution in [2.75, 3.05) is 31.7 Å². The van der Waals surface area contributed by atoms with Crippen molar-refractivity contribution in [3.8, 4) is 0 Å². The maximum atomic E-state index is 5.96. The fourth-order valence-corrected chi connectivity index (χ4v) is 2.27. The number of halogens is 1. The van der Waals surface area contributed by atoms with Crippen LogP contribution < -0.4 is 4.90 Å². The van der Waals surface area contributed by atoms with Crippen LogP contribution in [0.2, 0.25) is 5.02 Å². The first-order valence-corrected chi connectivity index (χ1v) is 5.71. The highest BCUT2D eigenvalue weighted by Gasteiger charge is 2.18. The molecular formula is C12H16ClNO. The van der Waals surface area contributed by atoms with Crippen LogP contribution in [-0.2, 0) is 11.2 Å². The third-order valence-corrected chi connectivity index (χ3v) is 3.04. The smallest absolute Gasteiger partial charge is 0.0479 e. The van der Waals surface area contributed by atoms with Crippen molar-refractivity contribution in [3.05, 3.63) is 28.8 Å². The van der Waals surface area contributed by atoms with Gasteiger partial charge in [-0.05, 0) is 36.6 Å². The second kappa shape index (κ2) is 4.86. The number of nitrogens with zero attached hydrogens (tertiary/aromatic N) is 1. The molecule has 1 aromatic rings. The quantitative estimate of drug-likeness (QED) is 0.731. The largest absolute Gasteiger partial charge is 0.385 e. The number of anilines is 1. The molecule has 0 aromatic heterocycles. The van der Waals surface area contributed by atoms with Crippen molar-refractivity contribution in [1.82, 2.24) is 0 Å². The van der Waals surface area contributed by atoms with E-state index in [1.807, 2.05) is 6.07 Å². The summed E-state index contributed by atoms with van der Waals surface area (Å²) in [6, 6.07) is 6.17. The molecule has 0 unspecified atom stereocenters. The van der Waals surface area contributed by atoms with Crippen molar-refractivity contribution in [1.29, 1.82) is 0 Å². The number of methoxy groups -OCH3 is 1. The van der Waals surface area contributed by atoms with Crippen LogP contribution in [0.1, 0.15) is 12.0 Å². The van der Waals surface area contributed by atoms with Gasteiger partial charge in [0.2, 0.25) is 0 Å². The second-order valence-electron chi connectivity index (χ2n) is 3.86. The lowest BCUT2D eigenvalue weighted by Crippen LogP contribution is -2.22. The number of fused-ring (bicyclic) bond motifs is 1. The zero-order chi connectivity index (χ0) is 10.7. The number of hydrogen-bond acceptors (Lipinski definition) is 2. The minimum absolute atomic E-state index is 0.833. The van der Waals surface area contributed by atoms with Gasteiger partial charge in [-0.15, -0.1) is 0 Å². The highest BCUT2D eigenvalue weighted by Crippen LogP contribution is 2.30. The van der Waals surface area contributed by atoms with Gasteiger partial charge in [0.05, 0.1) is 0 Å². The van der Waals surface area contributed by atoms with E-state index in [1.165, 1.54) is 11.3 Å². The van der Waals surface area contributed by atoms with Gasteiger partial charge in [0.15, 0.2) is 0 Å². The van der Waals surface area contributed by atoms with Gasteiger partial charge in [-0.25, -0.2) is 0 Å². The molecule has 3 heteroatoms. The van der Waals surface area contributed by atoms with E-state index in [1.54, 1.807) is 7.11 Å². The molecule has 0 bridgehead atoms. The third kappa shape index (κ3) is 2.44. The Balaban J connectivity index is 2.02. The lowest BCUT2D eigenvalue weighted by molar-refractivity contribution is 0.196. The van der Waals surface area contributed by atoms with Gasteiger partial charge in [-0.1, -0.05) is 11.6 Å². The summed E-state index contributed by atoms with van der Waals surface area (Å²) < 4.78 is 5.06. The zero-order valence-corrected chi connectivity index (χ0v) is 9.76. The van der Waals surface area contributed by atoms with E-state index in [9.17, 15) is 0 Å². The molecule has 1 aliphatic heterocycles. The number of benzene rings is 1.